The number of carbonyl (C=O) groups excluding carboxylic acids is 2. The van der Waals surface area contributed by atoms with Gasteiger partial charge in [-0.3, -0.25) is 4.79 Å². The van der Waals surface area contributed by atoms with Crippen LogP contribution in [0.3, 0.4) is 0 Å². The van der Waals surface area contributed by atoms with Gasteiger partial charge in [-0.15, -0.1) is 10.2 Å². The van der Waals surface area contributed by atoms with Crippen LogP contribution in [-0.4, -0.2) is 46.3 Å². The Balaban J connectivity index is 1.57. The lowest BCUT2D eigenvalue weighted by Gasteiger charge is -2.37. The van der Waals surface area contributed by atoms with Crippen molar-refractivity contribution in [2.75, 3.05) is 7.05 Å². The number of aromatic nitrogens is 2. The molecule has 2 heterocycles. The average molecular weight is 406 g/mol. The third-order valence-corrected chi connectivity index (χ3v) is 5.35. The molecule has 0 saturated heterocycles. The van der Waals surface area contributed by atoms with E-state index in [9.17, 15) is 18.4 Å². The summed E-state index contributed by atoms with van der Waals surface area (Å²) >= 11 is 0. The molecule has 0 bridgehead atoms. The number of rotatable bonds is 4. The summed E-state index contributed by atoms with van der Waals surface area (Å²) in [6.45, 7) is 0.402. The van der Waals surface area contributed by atoms with E-state index in [1.54, 1.807) is 23.1 Å². The molecule has 1 aromatic heterocycles. The minimum Gasteiger partial charge on any atom is -0.444 e. The van der Waals surface area contributed by atoms with Crippen molar-refractivity contribution in [3.8, 4) is 11.5 Å². The second-order valence-electron chi connectivity index (χ2n) is 7.10. The standard InChI is InChI=1S/C19H20F2N4O4/c1-22-19(27)28-14-5-3-2-4-13(14)25-9-11-7-6-10(8-12(11)18(25)26)16-23-24-17(29-16)15(20)21/h6-8,13-15H,2-5,9H2,1H3,(H,22,27)/t13-,14-/m1/s1. The van der Waals surface area contributed by atoms with Crippen LogP contribution in [0.1, 0.15) is 53.9 Å². The number of carbonyl (C=O) groups is 2. The number of benzene rings is 1. The first-order chi connectivity index (χ1) is 14.0. The van der Waals surface area contributed by atoms with Crippen molar-refractivity contribution in [1.82, 2.24) is 20.4 Å². The van der Waals surface area contributed by atoms with Gasteiger partial charge in [0.25, 0.3) is 11.8 Å². The van der Waals surface area contributed by atoms with Gasteiger partial charge in [-0.1, -0.05) is 12.5 Å². The monoisotopic (exact) mass is 406 g/mol. The summed E-state index contributed by atoms with van der Waals surface area (Å²) in [6.07, 6.45) is -0.419. The number of hydrogen-bond acceptors (Lipinski definition) is 6. The third kappa shape index (κ3) is 3.66. The molecule has 0 spiro atoms. The molecule has 2 amide bonds. The van der Waals surface area contributed by atoms with Gasteiger partial charge in [-0.05, 0) is 37.0 Å². The number of alkyl carbamates (subject to hydrolysis) is 1. The number of fused-ring (bicyclic) bond motifs is 1. The molecule has 1 aliphatic carbocycles. The van der Waals surface area contributed by atoms with Gasteiger partial charge in [0.1, 0.15) is 6.10 Å². The van der Waals surface area contributed by atoms with Gasteiger partial charge in [0.15, 0.2) is 0 Å². The first-order valence-electron chi connectivity index (χ1n) is 9.42. The van der Waals surface area contributed by atoms with Crippen molar-refractivity contribution >= 4 is 12.0 Å². The fourth-order valence-corrected chi connectivity index (χ4v) is 3.93. The summed E-state index contributed by atoms with van der Waals surface area (Å²) in [5.41, 5.74) is 1.68. The van der Waals surface area contributed by atoms with Crippen molar-refractivity contribution in [1.29, 1.82) is 0 Å². The molecular formula is C19H20F2N4O4. The van der Waals surface area contributed by atoms with Crippen molar-refractivity contribution in [2.24, 2.45) is 0 Å². The fourth-order valence-electron chi connectivity index (χ4n) is 3.93. The lowest BCUT2D eigenvalue weighted by Crippen LogP contribution is -2.48. The highest BCUT2D eigenvalue weighted by molar-refractivity contribution is 5.99. The molecule has 1 N–H and O–H groups in total. The van der Waals surface area contributed by atoms with Gasteiger partial charge >= 0.3 is 12.5 Å². The Hall–Kier alpha value is -3.04. The predicted molar refractivity (Wildman–Crippen MR) is 96.1 cm³/mol. The molecule has 1 aromatic carbocycles. The van der Waals surface area contributed by atoms with Gasteiger partial charge in [-0.25, -0.2) is 4.79 Å². The lowest BCUT2D eigenvalue weighted by molar-refractivity contribution is 0.00640. The Morgan fingerprint density at radius 1 is 1.31 bits per heavy atom. The van der Waals surface area contributed by atoms with Crippen molar-refractivity contribution in [3.05, 3.63) is 35.2 Å². The van der Waals surface area contributed by atoms with Gasteiger partial charge in [0, 0.05) is 24.7 Å². The van der Waals surface area contributed by atoms with E-state index >= 15 is 0 Å². The highest BCUT2D eigenvalue weighted by Gasteiger charge is 2.39. The average Bonchev–Trinajstić information content (AvgIpc) is 3.34. The molecule has 0 unspecified atom stereocenters. The predicted octanol–water partition coefficient (Wildman–Crippen LogP) is 3.30. The maximum Gasteiger partial charge on any atom is 0.407 e. The number of alkyl halides is 2. The number of hydrogen-bond donors (Lipinski definition) is 1. The SMILES string of the molecule is CNC(=O)O[C@@H]1CCCC[C@H]1N1Cc2ccc(-c3nnc(C(F)F)o3)cc2C1=O. The van der Waals surface area contributed by atoms with Gasteiger partial charge in [0.2, 0.25) is 5.89 Å². The topological polar surface area (TPSA) is 97.6 Å². The Labute approximate surface area is 165 Å². The van der Waals surface area contributed by atoms with Crippen LogP contribution in [-0.2, 0) is 11.3 Å². The van der Waals surface area contributed by atoms with E-state index in [4.69, 9.17) is 9.15 Å². The molecule has 10 heteroatoms. The van der Waals surface area contributed by atoms with Crippen LogP contribution in [0, 0.1) is 0 Å². The summed E-state index contributed by atoms with van der Waals surface area (Å²) in [5.74, 6) is -1.01. The quantitative estimate of drug-likeness (QED) is 0.837. The molecule has 29 heavy (non-hydrogen) atoms. The van der Waals surface area contributed by atoms with Crippen molar-refractivity contribution < 1.29 is 27.5 Å². The summed E-state index contributed by atoms with van der Waals surface area (Å²) in [5, 5.41) is 9.40. The Morgan fingerprint density at radius 2 is 2.10 bits per heavy atom. The first-order valence-corrected chi connectivity index (χ1v) is 9.42. The Morgan fingerprint density at radius 3 is 2.83 bits per heavy atom. The third-order valence-electron chi connectivity index (χ3n) is 5.35. The molecule has 0 radical (unpaired) electrons. The highest BCUT2D eigenvalue weighted by atomic mass is 19.3. The second kappa shape index (κ2) is 7.76. The van der Waals surface area contributed by atoms with E-state index in [-0.39, 0.29) is 23.9 Å². The summed E-state index contributed by atoms with van der Waals surface area (Å²) < 4.78 is 35.8. The van der Waals surface area contributed by atoms with E-state index in [0.29, 0.717) is 24.1 Å². The number of halogens is 2. The van der Waals surface area contributed by atoms with Crippen molar-refractivity contribution in [2.45, 2.75) is 50.8 Å². The molecule has 2 aliphatic rings. The smallest absolute Gasteiger partial charge is 0.407 e. The largest absolute Gasteiger partial charge is 0.444 e. The number of nitrogens with one attached hydrogen (secondary N) is 1. The fraction of sp³-hybridized carbons (Fsp3) is 0.474. The van der Waals surface area contributed by atoms with Crippen LogP contribution >= 0.6 is 0 Å². The lowest BCUT2D eigenvalue weighted by atomic mass is 9.91. The number of nitrogens with zero attached hydrogens (tertiary/aromatic N) is 3. The van der Waals surface area contributed by atoms with Gasteiger partial charge in [0.05, 0.1) is 6.04 Å². The van der Waals surface area contributed by atoms with E-state index in [2.05, 4.69) is 15.5 Å². The normalized spacial score (nSPS) is 21.4. The maximum atomic E-state index is 13.1. The zero-order chi connectivity index (χ0) is 20.5. The number of ether oxygens (including phenoxy) is 1. The van der Waals surface area contributed by atoms with Crippen LogP contribution in [0.25, 0.3) is 11.5 Å². The zero-order valence-corrected chi connectivity index (χ0v) is 15.7. The summed E-state index contributed by atoms with van der Waals surface area (Å²) in [6, 6.07) is 4.79. The van der Waals surface area contributed by atoms with Crippen LogP contribution in [0.5, 0.6) is 0 Å². The molecule has 2 aromatic rings. The van der Waals surface area contributed by atoms with Crippen molar-refractivity contribution in [3.63, 3.8) is 0 Å². The summed E-state index contributed by atoms with van der Waals surface area (Å²) in [7, 11) is 1.50. The molecule has 154 valence electrons. The minimum atomic E-state index is -2.86. The van der Waals surface area contributed by atoms with Crippen LogP contribution < -0.4 is 5.32 Å². The van der Waals surface area contributed by atoms with Crippen LogP contribution in [0.15, 0.2) is 22.6 Å². The molecule has 8 nitrogen and oxygen atoms in total. The molecular weight excluding hydrogens is 386 g/mol. The first kappa shape index (κ1) is 19.3. The second-order valence-corrected chi connectivity index (χ2v) is 7.10. The highest BCUT2D eigenvalue weighted by Crippen LogP contribution is 2.34. The minimum absolute atomic E-state index is 0.0622. The molecule has 1 saturated carbocycles. The maximum absolute atomic E-state index is 13.1. The van der Waals surface area contributed by atoms with E-state index in [0.717, 1.165) is 24.8 Å². The van der Waals surface area contributed by atoms with E-state index < -0.39 is 18.4 Å². The van der Waals surface area contributed by atoms with Crippen LogP contribution in [0.4, 0.5) is 13.6 Å². The number of amides is 2. The Bertz CT molecular complexity index is 933. The molecule has 1 fully saturated rings. The molecule has 4 rings (SSSR count). The molecule has 1 aliphatic heterocycles. The van der Waals surface area contributed by atoms with Crippen LogP contribution in [0.2, 0.25) is 0 Å². The summed E-state index contributed by atoms with van der Waals surface area (Å²) in [4.78, 5) is 26.5. The van der Waals surface area contributed by atoms with Gasteiger partial charge < -0.3 is 19.4 Å². The van der Waals surface area contributed by atoms with E-state index in [1.165, 1.54) is 7.05 Å². The Kier molecular flexibility index (Phi) is 5.16. The van der Waals surface area contributed by atoms with E-state index in [1.807, 2.05) is 0 Å². The van der Waals surface area contributed by atoms with Gasteiger partial charge in [-0.2, -0.15) is 8.78 Å². The zero-order valence-electron chi connectivity index (χ0n) is 15.7. The molecule has 2 atom stereocenters.